The van der Waals surface area contributed by atoms with Crippen LogP contribution in [0.4, 0.5) is 0 Å². The molecule has 1 aromatic carbocycles. The average Bonchev–Trinajstić information content (AvgIpc) is 2.14. The summed E-state index contributed by atoms with van der Waals surface area (Å²) < 4.78 is 9.37. The Morgan fingerprint density at radius 3 is 2.36 bits per heavy atom. The highest BCUT2D eigenvalue weighted by molar-refractivity contribution is 14.1. The van der Waals surface area contributed by atoms with E-state index in [-0.39, 0.29) is 0 Å². The molecule has 0 spiro atoms. The van der Waals surface area contributed by atoms with Gasteiger partial charge in [0.15, 0.2) is 0 Å². The van der Waals surface area contributed by atoms with Gasteiger partial charge in [-0.1, -0.05) is 6.04 Å². The molecular weight excluding hydrogens is 533 g/mol. The molecule has 5 heteroatoms. The van der Waals surface area contributed by atoms with Crippen LogP contribution in [0.5, 0.6) is 5.75 Å². The van der Waals surface area contributed by atoms with Gasteiger partial charge in [-0.15, -0.1) is 0 Å². The van der Waals surface area contributed by atoms with Crippen LogP contribution in [0.25, 0.3) is 0 Å². The lowest BCUT2D eigenvalue weighted by molar-refractivity contribution is 0.315. The zero-order chi connectivity index (χ0) is 10.6. The number of hydrogen-bond donors (Lipinski definition) is 0. The summed E-state index contributed by atoms with van der Waals surface area (Å²) in [6.07, 6.45) is 1.04. The Morgan fingerprint density at radius 1 is 1.07 bits per heavy atom. The van der Waals surface area contributed by atoms with Crippen LogP contribution in [-0.2, 0) is 0 Å². The van der Waals surface area contributed by atoms with Crippen molar-refractivity contribution in [3.8, 4) is 5.75 Å². The highest BCUT2D eigenvalue weighted by Crippen LogP contribution is 2.27. The predicted molar refractivity (Wildman–Crippen MR) is 85.3 cm³/mol. The van der Waals surface area contributed by atoms with Crippen molar-refractivity contribution in [1.29, 1.82) is 0 Å². The lowest BCUT2D eigenvalue weighted by atomic mass is 10.3. The zero-order valence-corrected chi connectivity index (χ0v) is 14.8. The Morgan fingerprint density at radius 2 is 1.71 bits per heavy atom. The monoisotopic (exact) mass is 541 g/mol. The molecule has 0 atom stereocenters. The molecule has 0 saturated heterocycles. The van der Waals surface area contributed by atoms with Crippen LogP contribution in [-0.4, -0.2) is 16.8 Å². The fraction of sp³-hybridized carbons (Fsp3) is 0.333. The van der Waals surface area contributed by atoms with Crippen molar-refractivity contribution >= 4 is 78.0 Å². The molecule has 1 aromatic rings. The fourth-order valence-corrected chi connectivity index (χ4v) is 3.14. The van der Waals surface area contributed by atoms with Gasteiger partial charge in [0.25, 0.3) is 0 Å². The van der Waals surface area contributed by atoms with Gasteiger partial charge in [0, 0.05) is 17.4 Å². The van der Waals surface area contributed by atoms with E-state index in [0.717, 1.165) is 24.8 Å². The first-order valence-corrected chi connectivity index (χ1v) is 8.01. The van der Waals surface area contributed by atoms with Gasteiger partial charge in [0.1, 0.15) is 5.75 Å². The number of halogens is 3. The van der Waals surface area contributed by atoms with Gasteiger partial charge >= 0.3 is 0 Å². The van der Waals surface area contributed by atoms with Crippen LogP contribution in [0.15, 0.2) is 12.1 Å². The minimum atomic E-state index is 0.774. The van der Waals surface area contributed by atoms with E-state index in [1.54, 1.807) is 0 Å². The van der Waals surface area contributed by atoms with Crippen LogP contribution >= 0.6 is 67.8 Å². The van der Waals surface area contributed by atoms with Gasteiger partial charge in [0.05, 0.1) is 10.2 Å². The van der Waals surface area contributed by atoms with Gasteiger partial charge in [-0.3, -0.25) is 0 Å². The zero-order valence-electron chi connectivity index (χ0n) is 7.32. The minimum absolute atomic E-state index is 0.774. The molecule has 0 aliphatic rings. The van der Waals surface area contributed by atoms with Crippen molar-refractivity contribution in [1.82, 2.24) is 0 Å². The second-order valence-electron chi connectivity index (χ2n) is 2.65. The van der Waals surface area contributed by atoms with Crippen molar-refractivity contribution < 1.29 is 4.74 Å². The molecule has 0 heterocycles. The fourth-order valence-electron chi connectivity index (χ4n) is 0.869. The van der Waals surface area contributed by atoms with E-state index in [1.807, 2.05) is 0 Å². The van der Waals surface area contributed by atoms with Gasteiger partial charge in [-0.05, 0) is 86.3 Å². The third-order valence-corrected chi connectivity index (χ3v) is 5.57. The molecule has 0 N–H and O–H groups in total. The molecule has 75 valence electrons. The van der Waals surface area contributed by atoms with Crippen LogP contribution in [0.1, 0.15) is 6.42 Å². The molecule has 0 unspecified atom stereocenters. The van der Waals surface area contributed by atoms with Crippen molar-refractivity contribution in [2.24, 2.45) is 0 Å². The third-order valence-electron chi connectivity index (χ3n) is 1.55. The summed E-state index contributed by atoms with van der Waals surface area (Å²) in [5, 5.41) is 0. The van der Waals surface area contributed by atoms with E-state index in [2.05, 4.69) is 90.1 Å². The first-order chi connectivity index (χ1) is 6.65. The summed E-state index contributed by atoms with van der Waals surface area (Å²) in [5.74, 6) is 0.996. The lowest BCUT2D eigenvalue weighted by Gasteiger charge is -2.08. The molecule has 0 bridgehead atoms. The predicted octanol–water partition coefficient (Wildman–Crippen LogP) is 3.86. The molecule has 0 saturated carbocycles. The Hall–Kier alpha value is 1.43. The normalized spacial score (nSPS) is 10.3. The van der Waals surface area contributed by atoms with E-state index in [1.165, 1.54) is 10.7 Å². The molecular formula is C9H8I3OSi. The summed E-state index contributed by atoms with van der Waals surface area (Å²) in [6, 6.07) is 5.22. The Kier molecular flexibility index (Phi) is 6.64. The van der Waals surface area contributed by atoms with Crippen molar-refractivity contribution in [2.45, 2.75) is 12.5 Å². The second kappa shape index (κ2) is 6.89. The summed E-state index contributed by atoms with van der Waals surface area (Å²) in [4.78, 5) is 0. The van der Waals surface area contributed by atoms with Crippen LogP contribution in [0.2, 0.25) is 6.04 Å². The van der Waals surface area contributed by atoms with E-state index < -0.39 is 0 Å². The molecule has 0 aliphatic heterocycles. The van der Waals surface area contributed by atoms with Gasteiger partial charge < -0.3 is 4.74 Å². The summed E-state index contributed by atoms with van der Waals surface area (Å²) in [6.45, 7) is 0.774. The molecule has 3 radical (unpaired) electrons. The highest BCUT2D eigenvalue weighted by Gasteiger charge is 2.05. The molecule has 0 amide bonds. The minimum Gasteiger partial charge on any atom is -0.492 e. The lowest BCUT2D eigenvalue weighted by Crippen LogP contribution is -1.99. The van der Waals surface area contributed by atoms with E-state index >= 15 is 0 Å². The van der Waals surface area contributed by atoms with Crippen LogP contribution < -0.4 is 4.74 Å². The van der Waals surface area contributed by atoms with E-state index in [9.17, 15) is 0 Å². The molecule has 0 aliphatic carbocycles. The number of hydrogen-bond acceptors (Lipinski definition) is 1. The smallest absolute Gasteiger partial charge is 0.133 e. The first-order valence-electron chi connectivity index (χ1n) is 4.07. The molecule has 14 heavy (non-hydrogen) atoms. The second-order valence-corrected chi connectivity index (χ2v) is 6.64. The number of benzene rings is 1. The molecule has 0 aromatic heterocycles. The summed E-state index contributed by atoms with van der Waals surface area (Å²) >= 11 is 6.97. The standard InChI is InChI=1S/C9H8I3OSi/c10-6-4-8(12)9(5-7(6)11)13-2-1-3-14/h4-5H,1-3H2. The maximum atomic E-state index is 5.67. The van der Waals surface area contributed by atoms with Crippen molar-refractivity contribution in [3.05, 3.63) is 22.8 Å². The molecule has 1 rings (SSSR count). The Bertz CT molecular complexity index is 317. The van der Waals surface area contributed by atoms with Gasteiger partial charge in [-0.25, -0.2) is 0 Å². The quantitative estimate of drug-likeness (QED) is 0.244. The maximum absolute atomic E-state index is 5.67. The molecule has 0 fully saturated rings. The SMILES string of the molecule is [Si]CCCOc1cc(I)c(I)cc1I. The largest absolute Gasteiger partial charge is 0.492 e. The van der Waals surface area contributed by atoms with Crippen molar-refractivity contribution in [2.75, 3.05) is 6.61 Å². The van der Waals surface area contributed by atoms with Gasteiger partial charge in [0.2, 0.25) is 0 Å². The Labute approximate surface area is 129 Å². The van der Waals surface area contributed by atoms with E-state index in [4.69, 9.17) is 4.74 Å². The average molecular weight is 541 g/mol. The Balaban J connectivity index is 2.72. The number of rotatable bonds is 4. The summed E-state index contributed by atoms with van der Waals surface area (Å²) in [5.41, 5.74) is 0. The highest BCUT2D eigenvalue weighted by atomic mass is 127. The van der Waals surface area contributed by atoms with Gasteiger partial charge in [-0.2, -0.15) is 0 Å². The first kappa shape index (κ1) is 13.5. The number of ether oxygens (including phenoxy) is 1. The van der Waals surface area contributed by atoms with E-state index in [0.29, 0.717) is 0 Å². The van der Waals surface area contributed by atoms with Crippen LogP contribution in [0.3, 0.4) is 0 Å². The maximum Gasteiger partial charge on any atom is 0.133 e. The summed E-state index contributed by atoms with van der Waals surface area (Å²) in [7, 11) is 3.43. The van der Waals surface area contributed by atoms with Crippen molar-refractivity contribution in [3.63, 3.8) is 0 Å². The topological polar surface area (TPSA) is 9.23 Å². The van der Waals surface area contributed by atoms with Crippen LogP contribution in [0, 0.1) is 10.7 Å². The third kappa shape index (κ3) is 4.12. The molecule has 1 nitrogen and oxygen atoms in total.